The van der Waals surface area contributed by atoms with Crippen molar-refractivity contribution in [2.75, 3.05) is 0 Å². The van der Waals surface area contributed by atoms with E-state index in [0.717, 1.165) is 0 Å². The normalized spacial score (nSPS) is 8.33. The smallest absolute Gasteiger partial charge is 1.00 e. The van der Waals surface area contributed by atoms with Crippen LogP contribution in [0.4, 0.5) is 0 Å². The molecule has 0 saturated heterocycles. The summed E-state index contributed by atoms with van der Waals surface area (Å²) in [5, 5.41) is 0. The Labute approximate surface area is 105 Å². The first-order chi connectivity index (χ1) is 4.61. The summed E-state index contributed by atoms with van der Waals surface area (Å²) < 4.78 is 0. The van der Waals surface area contributed by atoms with Gasteiger partial charge in [-0.2, -0.15) is 34.4 Å². The number of aryl methyl sites for hydroxylation is 4. The number of benzene rings is 1. The zero-order valence-electron chi connectivity index (χ0n) is 8.16. The molecule has 12 heavy (non-hydrogen) atoms. The van der Waals surface area contributed by atoms with E-state index in [4.69, 9.17) is 0 Å². The molecule has 0 radical (unpaired) electrons. The van der Waals surface area contributed by atoms with Crippen LogP contribution in [0, 0.1) is 33.8 Å². The molecule has 0 aliphatic heterocycles. The van der Waals surface area contributed by atoms with Crippen LogP contribution >= 0.6 is 0 Å². The molecule has 0 heterocycles. The Balaban J connectivity index is 0. The van der Waals surface area contributed by atoms with Crippen LogP contribution in [0.25, 0.3) is 0 Å². The molecule has 0 unspecified atom stereocenters. The molecule has 0 atom stereocenters. The van der Waals surface area contributed by atoms with Crippen LogP contribution in [0.5, 0.6) is 0 Å². The van der Waals surface area contributed by atoms with Crippen LogP contribution in [0.1, 0.15) is 22.3 Å². The second kappa shape index (κ2) is 6.09. The van der Waals surface area contributed by atoms with Gasteiger partial charge in [0.05, 0.1) is 0 Å². The monoisotopic (exact) mass is 324 g/mol. The molecule has 0 nitrogen and oxygen atoms in total. The number of hydrogen-bond acceptors (Lipinski definition) is 0. The fourth-order valence-electron chi connectivity index (χ4n) is 1.02. The average molecular weight is 326 g/mol. The molecule has 0 bridgehead atoms. The summed E-state index contributed by atoms with van der Waals surface area (Å²) >= 11 is 0. The van der Waals surface area contributed by atoms with Crippen molar-refractivity contribution in [2.24, 2.45) is 0 Å². The van der Waals surface area contributed by atoms with E-state index >= 15 is 0 Å². The summed E-state index contributed by atoms with van der Waals surface area (Å²) in [4.78, 5) is 0. The number of halogens is 1. The van der Waals surface area contributed by atoms with Crippen molar-refractivity contribution in [2.45, 2.75) is 27.7 Å². The molecule has 0 aromatic heterocycles. The molecule has 0 fully saturated rings. The van der Waals surface area contributed by atoms with Gasteiger partial charge in [-0.25, -0.2) is 0 Å². The second-order valence-electron chi connectivity index (χ2n) is 2.89. The third-order valence-electron chi connectivity index (χ3n) is 1.99. The van der Waals surface area contributed by atoms with E-state index in [0.29, 0.717) is 0 Å². The minimum absolute atomic E-state index is 0. The Bertz CT molecular complexity index is 206. The van der Waals surface area contributed by atoms with Gasteiger partial charge in [-0.05, 0) is 0 Å². The molecule has 2 heteroatoms. The van der Waals surface area contributed by atoms with Crippen molar-refractivity contribution >= 4 is 0 Å². The van der Waals surface area contributed by atoms with Crippen molar-refractivity contribution in [3.05, 3.63) is 34.4 Å². The zero-order valence-corrected chi connectivity index (χ0v) is 13.3. The molecule has 0 N–H and O–H groups in total. The van der Waals surface area contributed by atoms with E-state index in [1.807, 2.05) is 0 Å². The van der Waals surface area contributed by atoms with Crippen LogP contribution in [-0.4, -0.2) is 0 Å². The van der Waals surface area contributed by atoms with E-state index < -0.39 is 0 Å². The molecular weight excluding hydrogens is 312 g/mol. The summed E-state index contributed by atoms with van der Waals surface area (Å²) in [6, 6.07) is 5.52. The fourth-order valence-corrected chi connectivity index (χ4v) is 1.02. The minimum Gasteiger partial charge on any atom is -1.00 e. The standard InChI is InChI=1S/C10H13.HI.Zn/c1-7-5-9(3)10(4)6-8(7)2;;/h5H,1-4H3;1H;/q-1;;+2/p-1. The van der Waals surface area contributed by atoms with E-state index in [-0.39, 0.29) is 43.5 Å². The summed E-state index contributed by atoms with van der Waals surface area (Å²) in [5.74, 6) is 0. The summed E-state index contributed by atoms with van der Waals surface area (Å²) in [6.45, 7) is 8.44. The Morgan fingerprint density at radius 2 is 1.25 bits per heavy atom. The molecular formula is C10H13IZn. The van der Waals surface area contributed by atoms with Crippen LogP contribution in [0.15, 0.2) is 6.07 Å². The zero-order chi connectivity index (χ0) is 7.72. The predicted octanol–water partition coefficient (Wildman–Crippen LogP) is -0.278. The quantitative estimate of drug-likeness (QED) is 0.350. The summed E-state index contributed by atoms with van der Waals surface area (Å²) in [7, 11) is 0. The third kappa shape index (κ3) is 3.53. The van der Waals surface area contributed by atoms with Crippen molar-refractivity contribution < 1.29 is 43.5 Å². The maximum absolute atomic E-state index is 3.31. The van der Waals surface area contributed by atoms with Gasteiger partial charge in [-0.1, -0.05) is 27.7 Å². The Kier molecular flexibility index (Phi) is 7.65. The fraction of sp³-hybridized carbons (Fsp3) is 0.400. The molecule has 0 aliphatic rings. The molecule has 0 amide bonds. The largest absolute Gasteiger partial charge is 2.00 e. The topological polar surface area (TPSA) is 0 Å². The van der Waals surface area contributed by atoms with Gasteiger partial charge in [0.1, 0.15) is 0 Å². The van der Waals surface area contributed by atoms with E-state index in [2.05, 4.69) is 39.8 Å². The maximum Gasteiger partial charge on any atom is 2.00 e. The number of rotatable bonds is 0. The Morgan fingerprint density at radius 1 is 0.917 bits per heavy atom. The molecule has 62 valence electrons. The van der Waals surface area contributed by atoms with Gasteiger partial charge in [0.15, 0.2) is 0 Å². The molecule has 0 spiro atoms. The Hall–Kier alpha value is 0.573. The predicted molar refractivity (Wildman–Crippen MR) is 44.2 cm³/mol. The molecule has 1 aromatic carbocycles. The van der Waals surface area contributed by atoms with Crippen molar-refractivity contribution in [3.8, 4) is 0 Å². The van der Waals surface area contributed by atoms with Gasteiger partial charge in [0.25, 0.3) is 0 Å². The van der Waals surface area contributed by atoms with E-state index in [1.54, 1.807) is 0 Å². The first-order valence-electron chi connectivity index (χ1n) is 3.58. The maximum atomic E-state index is 3.31. The van der Waals surface area contributed by atoms with Crippen molar-refractivity contribution in [3.63, 3.8) is 0 Å². The average Bonchev–Trinajstić information content (AvgIpc) is 1.84. The Morgan fingerprint density at radius 3 is 1.50 bits per heavy atom. The molecule has 1 aromatic rings. The van der Waals surface area contributed by atoms with Gasteiger partial charge in [0, 0.05) is 0 Å². The first kappa shape index (κ1) is 15.1. The van der Waals surface area contributed by atoms with Crippen LogP contribution < -0.4 is 24.0 Å². The van der Waals surface area contributed by atoms with Crippen LogP contribution in [0.3, 0.4) is 0 Å². The van der Waals surface area contributed by atoms with Crippen molar-refractivity contribution in [1.29, 1.82) is 0 Å². The van der Waals surface area contributed by atoms with Gasteiger partial charge >= 0.3 is 19.5 Å². The SMILES string of the molecule is Cc1[c-]c(C)c(C)cc1C.[I-].[Zn+2]. The van der Waals surface area contributed by atoms with E-state index in [1.165, 1.54) is 22.3 Å². The van der Waals surface area contributed by atoms with Gasteiger partial charge < -0.3 is 24.0 Å². The first-order valence-corrected chi connectivity index (χ1v) is 3.58. The van der Waals surface area contributed by atoms with Crippen LogP contribution in [0.2, 0.25) is 0 Å². The summed E-state index contributed by atoms with van der Waals surface area (Å²) in [6.07, 6.45) is 0. The summed E-state index contributed by atoms with van der Waals surface area (Å²) in [5.41, 5.74) is 5.21. The molecule has 0 aliphatic carbocycles. The van der Waals surface area contributed by atoms with E-state index in [9.17, 15) is 0 Å². The number of hydrogen-bond donors (Lipinski definition) is 0. The van der Waals surface area contributed by atoms with Gasteiger partial charge in [0.2, 0.25) is 0 Å². The molecule has 1 rings (SSSR count). The third-order valence-corrected chi connectivity index (χ3v) is 1.99. The minimum atomic E-state index is 0. The molecule has 0 saturated carbocycles. The van der Waals surface area contributed by atoms with Gasteiger partial charge in [-0.15, -0.1) is 0 Å². The van der Waals surface area contributed by atoms with Crippen LogP contribution in [-0.2, 0) is 19.5 Å². The van der Waals surface area contributed by atoms with Crippen molar-refractivity contribution in [1.82, 2.24) is 0 Å². The second-order valence-corrected chi connectivity index (χ2v) is 2.89. The van der Waals surface area contributed by atoms with Gasteiger partial charge in [-0.3, -0.25) is 0 Å².